The minimum absolute atomic E-state index is 0.290. The molecule has 1 aliphatic heterocycles. The van der Waals surface area contributed by atoms with Gasteiger partial charge in [-0.2, -0.15) is 0 Å². The number of hydrogen-bond donors (Lipinski definition) is 2. The third-order valence-corrected chi connectivity index (χ3v) is 3.05. The highest BCUT2D eigenvalue weighted by atomic mass is 16.5. The summed E-state index contributed by atoms with van der Waals surface area (Å²) in [6.45, 7) is 6.65. The van der Waals surface area contributed by atoms with Crippen LogP contribution in [0.2, 0.25) is 0 Å². The lowest BCUT2D eigenvalue weighted by Crippen LogP contribution is -2.49. The fourth-order valence-electron chi connectivity index (χ4n) is 2.01. The molecule has 0 aliphatic carbocycles. The van der Waals surface area contributed by atoms with E-state index in [1.165, 1.54) is 6.42 Å². The van der Waals surface area contributed by atoms with Gasteiger partial charge < -0.3 is 20.6 Å². The van der Waals surface area contributed by atoms with Gasteiger partial charge in [-0.05, 0) is 19.4 Å². The van der Waals surface area contributed by atoms with E-state index in [-0.39, 0.29) is 0 Å². The number of methoxy groups -OCH3 is 1. The summed E-state index contributed by atoms with van der Waals surface area (Å²) in [5.41, 5.74) is 5.48. The Labute approximate surface area is 103 Å². The molecule has 1 fully saturated rings. The Morgan fingerprint density at radius 2 is 1.88 bits per heavy atom. The summed E-state index contributed by atoms with van der Waals surface area (Å²) in [7, 11) is 1.74. The van der Waals surface area contributed by atoms with Gasteiger partial charge in [-0.15, -0.1) is 0 Å². The van der Waals surface area contributed by atoms with E-state index in [9.17, 15) is 0 Å². The van der Waals surface area contributed by atoms with Crippen LogP contribution in [-0.2, 0) is 4.74 Å². The van der Waals surface area contributed by atoms with Crippen LogP contribution >= 0.6 is 0 Å². The molecule has 0 amide bonds. The van der Waals surface area contributed by atoms with Crippen molar-refractivity contribution in [3.63, 3.8) is 0 Å². The van der Waals surface area contributed by atoms with Crippen LogP contribution in [-0.4, -0.2) is 73.8 Å². The molecule has 0 radical (unpaired) electrons. The van der Waals surface area contributed by atoms with Crippen molar-refractivity contribution < 1.29 is 9.94 Å². The molecular weight excluding hydrogens is 220 g/mol. The first-order chi connectivity index (χ1) is 8.26. The van der Waals surface area contributed by atoms with E-state index in [1.807, 2.05) is 0 Å². The van der Waals surface area contributed by atoms with E-state index in [0.29, 0.717) is 12.4 Å². The summed E-state index contributed by atoms with van der Waals surface area (Å²) in [6.07, 6.45) is 2.31. The van der Waals surface area contributed by atoms with Crippen molar-refractivity contribution in [2.75, 3.05) is 53.0 Å². The minimum atomic E-state index is 0.290. The Morgan fingerprint density at radius 1 is 1.24 bits per heavy atom. The maximum Gasteiger partial charge on any atom is 0.153 e. The van der Waals surface area contributed by atoms with Crippen LogP contribution in [0.3, 0.4) is 0 Å². The second-order valence-corrected chi connectivity index (χ2v) is 4.41. The summed E-state index contributed by atoms with van der Waals surface area (Å²) < 4.78 is 5.03. The summed E-state index contributed by atoms with van der Waals surface area (Å²) in [6, 6.07) is 0. The highest BCUT2D eigenvalue weighted by Gasteiger charge is 2.16. The molecule has 0 bridgehead atoms. The lowest BCUT2D eigenvalue weighted by Gasteiger charge is -2.34. The summed E-state index contributed by atoms with van der Waals surface area (Å²) in [5, 5.41) is 11.5. The largest absolute Gasteiger partial charge is 0.409 e. The molecule has 3 N–H and O–H groups in total. The monoisotopic (exact) mass is 244 g/mol. The molecule has 0 unspecified atom stereocenters. The normalized spacial score (nSPS) is 19.7. The third kappa shape index (κ3) is 5.86. The molecule has 0 atom stereocenters. The van der Waals surface area contributed by atoms with Crippen LogP contribution in [0, 0.1) is 0 Å². The van der Waals surface area contributed by atoms with Gasteiger partial charge in [0.2, 0.25) is 0 Å². The van der Waals surface area contributed by atoms with Gasteiger partial charge in [-0.1, -0.05) is 5.16 Å². The Balaban J connectivity index is 2.09. The summed E-state index contributed by atoms with van der Waals surface area (Å²) in [5.74, 6) is 0.290. The average Bonchev–Trinajstić information content (AvgIpc) is 2.36. The molecule has 17 heavy (non-hydrogen) atoms. The summed E-state index contributed by atoms with van der Waals surface area (Å²) >= 11 is 0. The van der Waals surface area contributed by atoms with E-state index in [2.05, 4.69) is 15.0 Å². The van der Waals surface area contributed by atoms with Gasteiger partial charge in [-0.3, -0.25) is 4.90 Å². The Morgan fingerprint density at radius 3 is 2.47 bits per heavy atom. The van der Waals surface area contributed by atoms with Crippen LogP contribution in [0.25, 0.3) is 0 Å². The van der Waals surface area contributed by atoms with Crippen molar-refractivity contribution >= 4 is 5.84 Å². The lowest BCUT2D eigenvalue weighted by atomic mass is 10.2. The Hall–Kier alpha value is -0.850. The molecule has 0 spiro atoms. The first kappa shape index (κ1) is 14.2. The zero-order valence-corrected chi connectivity index (χ0v) is 10.6. The number of nitrogens with zero attached hydrogens (tertiary/aromatic N) is 3. The molecule has 0 aromatic carbocycles. The van der Waals surface area contributed by atoms with Crippen molar-refractivity contribution in [2.45, 2.75) is 12.8 Å². The van der Waals surface area contributed by atoms with Crippen molar-refractivity contribution in [1.29, 1.82) is 0 Å². The van der Waals surface area contributed by atoms with E-state index in [0.717, 1.165) is 45.8 Å². The Kier molecular flexibility index (Phi) is 6.91. The summed E-state index contributed by atoms with van der Waals surface area (Å²) in [4.78, 5) is 4.67. The molecule has 0 saturated carbocycles. The molecule has 1 aliphatic rings. The van der Waals surface area contributed by atoms with Gasteiger partial charge in [0.15, 0.2) is 5.84 Å². The highest BCUT2D eigenvalue weighted by Crippen LogP contribution is 2.03. The minimum Gasteiger partial charge on any atom is -0.409 e. The molecule has 0 aromatic heterocycles. The van der Waals surface area contributed by atoms with Gasteiger partial charge in [0.05, 0.1) is 6.54 Å². The first-order valence-electron chi connectivity index (χ1n) is 6.16. The predicted molar refractivity (Wildman–Crippen MR) is 67.4 cm³/mol. The highest BCUT2D eigenvalue weighted by molar-refractivity contribution is 5.81. The molecule has 0 aromatic rings. The van der Waals surface area contributed by atoms with Crippen LogP contribution in [0.5, 0.6) is 0 Å². The SMILES string of the molecule is COCCCCN1CCN(CC(N)=NO)CC1. The number of rotatable bonds is 7. The lowest BCUT2D eigenvalue weighted by molar-refractivity contribution is 0.136. The van der Waals surface area contributed by atoms with Crippen molar-refractivity contribution in [3.05, 3.63) is 0 Å². The molecule has 6 nitrogen and oxygen atoms in total. The predicted octanol–water partition coefficient (Wildman–Crippen LogP) is -0.223. The van der Waals surface area contributed by atoms with Crippen LogP contribution < -0.4 is 5.73 Å². The molecule has 1 heterocycles. The van der Waals surface area contributed by atoms with Crippen molar-refractivity contribution in [2.24, 2.45) is 10.9 Å². The van der Waals surface area contributed by atoms with E-state index < -0.39 is 0 Å². The number of piperazine rings is 1. The molecule has 1 rings (SSSR count). The molecule has 1 saturated heterocycles. The topological polar surface area (TPSA) is 74.3 Å². The van der Waals surface area contributed by atoms with Gasteiger partial charge in [0, 0.05) is 39.9 Å². The molecule has 100 valence electrons. The second kappa shape index (κ2) is 8.27. The quantitative estimate of drug-likeness (QED) is 0.213. The zero-order chi connectivity index (χ0) is 12.5. The zero-order valence-electron chi connectivity index (χ0n) is 10.6. The number of amidine groups is 1. The smallest absolute Gasteiger partial charge is 0.153 e. The van der Waals surface area contributed by atoms with Gasteiger partial charge in [-0.25, -0.2) is 0 Å². The van der Waals surface area contributed by atoms with E-state index in [4.69, 9.17) is 15.7 Å². The van der Waals surface area contributed by atoms with Crippen LogP contribution in [0.1, 0.15) is 12.8 Å². The average molecular weight is 244 g/mol. The second-order valence-electron chi connectivity index (χ2n) is 4.41. The molecule has 6 heteroatoms. The number of oxime groups is 1. The standard InChI is InChI=1S/C11H24N4O2/c1-17-9-3-2-4-14-5-7-15(8-6-14)10-11(12)13-16/h16H,2-10H2,1H3,(H2,12,13). The van der Waals surface area contributed by atoms with Crippen LogP contribution in [0.4, 0.5) is 0 Å². The van der Waals surface area contributed by atoms with Gasteiger partial charge in [0.1, 0.15) is 0 Å². The number of hydrogen-bond acceptors (Lipinski definition) is 5. The third-order valence-electron chi connectivity index (χ3n) is 3.05. The van der Waals surface area contributed by atoms with Crippen LogP contribution in [0.15, 0.2) is 5.16 Å². The maximum atomic E-state index is 8.50. The van der Waals surface area contributed by atoms with E-state index in [1.54, 1.807) is 7.11 Å². The maximum absolute atomic E-state index is 8.50. The van der Waals surface area contributed by atoms with E-state index >= 15 is 0 Å². The molecular formula is C11H24N4O2. The number of unbranched alkanes of at least 4 members (excludes halogenated alkanes) is 1. The van der Waals surface area contributed by atoms with Gasteiger partial charge >= 0.3 is 0 Å². The Bertz CT molecular complexity index is 228. The number of ether oxygens (including phenoxy) is 1. The van der Waals surface area contributed by atoms with Crippen molar-refractivity contribution in [1.82, 2.24) is 9.80 Å². The van der Waals surface area contributed by atoms with Crippen molar-refractivity contribution in [3.8, 4) is 0 Å². The fourth-order valence-corrected chi connectivity index (χ4v) is 2.01. The number of nitrogens with two attached hydrogens (primary N) is 1. The van der Waals surface area contributed by atoms with Gasteiger partial charge in [0.25, 0.3) is 0 Å². The first-order valence-corrected chi connectivity index (χ1v) is 6.16. The fraction of sp³-hybridized carbons (Fsp3) is 0.909.